The number of nitrogens with one attached hydrogen (secondary N) is 1. The van der Waals surface area contributed by atoms with Crippen molar-refractivity contribution in [3.8, 4) is 0 Å². The molecule has 0 aliphatic rings. The quantitative estimate of drug-likeness (QED) is 0.840. The van der Waals surface area contributed by atoms with Crippen LogP contribution in [0.1, 0.15) is 28.9 Å². The first kappa shape index (κ1) is 14.5. The maximum atomic E-state index is 13.3. The van der Waals surface area contributed by atoms with Gasteiger partial charge < -0.3 is 11.1 Å². The smallest absolute Gasteiger partial charge is 0.251 e. The first-order chi connectivity index (χ1) is 9.45. The highest BCUT2D eigenvalue weighted by Crippen LogP contribution is 2.18. The summed E-state index contributed by atoms with van der Waals surface area (Å²) in [6.07, 6.45) is 0. The third-order valence-corrected chi connectivity index (χ3v) is 3.34. The average Bonchev–Trinajstić information content (AvgIpc) is 2.37. The third-order valence-electron chi connectivity index (χ3n) is 2.88. The monoisotopic (exact) mass is 336 g/mol. The first-order valence-electron chi connectivity index (χ1n) is 6.08. The van der Waals surface area contributed by atoms with Gasteiger partial charge in [0.25, 0.3) is 5.91 Å². The van der Waals surface area contributed by atoms with Crippen LogP contribution in [0.2, 0.25) is 0 Å². The van der Waals surface area contributed by atoms with Gasteiger partial charge in [-0.05, 0) is 42.8 Å². The molecule has 2 aromatic rings. The number of nitrogens with two attached hydrogens (primary N) is 1. The number of halogens is 2. The zero-order valence-electron chi connectivity index (χ0n) is 10.9. The Kier molecular flexibility index (Phi) is 4.39. The molecule has 1 unspecified atom stereocenters. The molecule has 0 aromatic heterocycles. The lowest BCUT2D eigenvalue weighted by Crippen LogP contribution is -2.26. The Labute approximate surface area is 125 Å². The van der Waals surface area contributed by atoms with Crippen LogP contribution in [-0.4, -0.2) is 5.91 Å². The fourth-order valence-electron chi connectivity index (χ4n) is 1.88. The largest absolute Gasteiger partial charge is 0.399 e. The summed E-state index contributed by atoms with van der Waals surface area (Å²) in [6, 6.07) is 11.1. The van der Waals surface area contributed by atoms with E-state index < -0.39 is 5.82 Å². The number of carbonyl (C=O) groups is 1. The zero-order valence-corrected chi connectivity index (χ0v) is 12.4. The minimum Gasteiger partial charge on any atom is -0.399 e. The van der Waals surface area contributed by atoms with Crippen molar-refractivity contribution in [1.29, 1.82) is 0 Å². The van der Waals surface area contributed by atoms with Gasteiger partial charge in [0.05, 0.1) is 6.04 Å². The molecule has 0 aliphatic heterocycles. The SMILES string of the molecule is CC(NC(=O)c1cc(F)cc(Br)c1)c1cccc(N)c1. The van der Waals surface area contributed by atoms with Crippen LogP contribution in [0.5, 0.6) is 0 Å². The standard InChI is InChI=1S/C15H14BrFN2O/c1-9(10-3-2-4-14(18)7-10)19-15(20)11-5-12(16)8-13(17)6-11/h2-9H,18H2,1H3,(H,19,20). The molecular weight excluding hydrogens is 323 g/mol. The molecule has 0 saturated carbocycles. The molecule has 2 aromatic carbocycles. The minimum atomic E-state index is -0.457. The van der Waals surface area contributed by atoms with Gasteiger partial charge in [0.2, 0.25) is 0 Å². The molecule has 0 bridgehead atoms. The fourth-order valence-corrected chi connectivity index (χ4v) is 2.34. The molecule has 0 fully saturated rings. The number of anilines is 1. The second-order valence-corrected chi connectivity index (χ2v) is 5.44. The molecule has 0 heterocycles. The van der Waals surface area contributed by atoms with Gasteiger partial charge in [0, 0.05) is 15.7 Å². The number of nitrogen functional groups attached to an aromatic ring is 1. The lowest BCUT2D eigenvalue weighted by molar-refractivity contribution is 0.0939. The van der Waals surface area contributed by atoms with Gasteiger partial charge in [-0.1, -0.05) is 28.1 Å². The second-order valence-electron chi connectivity index (χ2n) is 4.52. The fraction of sp³-hybridized carbons (Fsp3) is 0.133. The molecular formula is C15H14BrFN2O. The van der Waals surface area contributed by atoms with Crippen LogP contribution in [-0.2, 0) is 0 Å². The molecule has 3 nitrogen and oxygen atoms in total. The zero-order chi connectivity index (χ0) is 14.7. The Morgan fingerprint density at radius 1 is 1.30 bits per heavy atom. The van der Waals surface area contributed by atoms with E-state index in [1.54, 1.807) is 18.2 Å². The van der Waals surface area contributed by atoms with Gasteiger partial charge >= 0.3 is 0 Å². The summed E-state index contributed by atoms with van der Waals surface area (Å²) >= 11 is 3.17. The predicted octanol–water partition coefficient (Wildman–Crippen LogP) is 3.66. The molecule has 0 spiro atoms. The molecule has 20 heavy (non-hydrogen) atoms. The number of amides is 1. The van der Waals surface area contributed by atoms with Gasteiger partial charge in [0.15, 0.2) is 0 Å². The summed E-state index contributed by atoms with van der Waals surface area (Å²) in [5, 5.41) is 2.81. The molecule has 1 atom stereocenters. The van der Waals surface area contributed by atoms with Gasteiger partial charge in [0.1, 0.15) is 5.82 Å². The number of benzene rings is 2. The van der Waals surface area contributed by atoms with Crippen LogP contribution in [0.3, 0.4) is 0 Å². The molecule has 0 radical (unpaired) electrons. The van der Waals surface area contributed by atoms with Crippen LogP contribution in [0.4, 0.5) is 10.1 Å². The van der Waals surface area contributed by atoms with E-state index >= 15 is 0 Å². The Bertz CT molecular complexity index is 625. The van der Waals surface area contributed by atoms with E-state index in [0.29, 0.717) is 10.2 Å². The lowest BCUT2D eigenvalue weighted by Gasteiger charge is -2.15. The normalized spacial score (nSPS) is 11.9. The van der Waals surface area contributed by atoms with Gasteiger partial charge in [-0.3, -0.25) is 4.79 Å². The lowest BCUT2D eigenvalue weighted by atomic mass is 10.1. The highest BCUT2D eigenvalue weighted by Gasteiger charge is 2.13. The summed E-state index contributed by atoms with van der Waals surface area (Å²) in [7, 11) is 0. The maximum Gasteiger partial charge on any atom is 0.251 e. The molecule has 3 N–H and O–H groups in total. The van der Waals surface area contributed by atoms with Crippen molar-refractivity contribution < 1.29 is 9.18 Å². The number of hydrogen-bond donors (Lipinski definition) is 2. The van der Waals surface area contributed by atoms with Crippen molar-refractivity contribution >= 4 is 27.5 Å². The van der Waals surface area contributed by atoms with Gasteiger partial charge in [-0.15, -0.1) is 0 Å². The molecule has 5 heteroatoms. The van der Waals surface area contributed by atoms with E-state index in [-0.39, 0.29) is 17.5 Å². The predicted molar refractivity (Wildman–Crippen MR) is 80.8 cm³/mol. The molecule has 2 rings (SSSR count). The Hall–Kier alpha value is -1.88. The van der Waals surface area contributed by atoms with Crippen molar-refractivity contribution in [2.24, 2.45) is 0 Å². The van der Waals surface area contributed by atoms with Crippen LogP contribution < -0.4 is 11.1 Å². The summed E-state index contributed by atoms with van der Waals surface area (Å²) in [4.78, 5) is 12.1. The summed E-state index contributed by atoms with van der Waals surface area (Å²) in [6.45, 7) is 1.85. The van der Waals surface area contributed by atoms with Crippen LogP contribution in [0.15, 0.2) is 46.9 Å². The molecule has 104 valence electrons. The second kappa shape index (κ2) is 6.05. The molecule has 0 aliphatic carbocycles. The number of rotatable bonds is 3. The molecule has 1 amide bonds. The minimum absolute atomic E-state index is 0.215. The van der Waals surface area contributed by atoms with Crippen LogP contribution >= 0.6 is 15.9 Å². The number of hydrogen-bond acceptors (Lipinski definition) is 2. The van der Waals surface area contributed by atoms with Crippen LogP contribution in [0, 0.1) is 5.82 Å². The Morgan fingerprint density at radius 2 is 2.05 bits per heavy atom. The van der Waals surface area contributed by atoms with Gasteiger partial charge in [-0.2, -0.15) is 0 Å². The van der Waals surface area contributed by atoms with Crippen molar-refractivity contribution in [3.63, 3.8) is 0 Å². The highest BCUT2D eigenvalue weighted by atomic mass is 79.9. The molecule has 0 saturated heterocycles. The van der Waals surface area contributed by atoms with Gasteiger partial charge in [-0.25, -0.2) is 4.39 Å². The third kappa shape index (κ3) is 3.57. The van der Waals surface area contributed by atoms with Crippen molar-refractivity contribution in [3.05, 3.63) is 63.9 Å². The maximum absolute atomic E-state index is 13.3. The van der Waals surface area contributed by atoms with Crippen LogP contribution in [0.25, 0.3) is 0 Å². The summed E-state index contributed by atoms with van der Waals surface area (Å²) in [5.74, 6) is -0.791. The first-order valence-corrected chi connectivity index (χ1v) is 6.87. The summed E-state index contributed by atoms with van der Waals surface area (Å²) in [5.41, 5.74) is 7.51. The van der Waals surface area contributed by atoms with E-state index in [1.807, 2.05) is 19.1 Å². The van der Waals surface area contributed by atoms with Crippen molar-refractivity contribution in [2.45, 2.75) is 13.0 Å². The van der Waals surface area contributed by atoms with E-state index in [9.17, 15) is 9.18 Å². The average molecular weight is 337 g/mol. The Morgan fingerprint density at radius 3 is 2.70 bits per heavy atom. The summed E-state index contributed by atoms with van der Waals surface area (Å²) < 4.78 is 13.8. The van der Waals surface area contributed by atoms with Crippen molar-refractivity contribution in [2.75, 3.05) is 5.73 Å². The topological polar surface area (TPSA) is 55.1 Å². The van der Waals surface area contributed by atoms with E-state index in [2.05, 4.69) is 21.2 Å². The Balaban J connectivity index is 2.15. The van der Waals surface area contributed by atoms with E-state index in [4.69, 9.17) is 5.73 Å². The van der Waals surface area contributed by atoms with E-state index in [0.717, 1.165) is 5.56 Å². The van der Waals surface area contributed by atoms with Crippen molar-refractivity contribution in [1.82, 2.24) is 5.32 Å². The number of carbonyl (C=O) groups excluding carboxylic acids is 1. The van der Waals surface area contributed by atoms with E-state index in [1.165, 1.54) is 12.1 Å². The highest BCUT2D eigenvalue weighted by molar-refractivity contribution is 9.10.